The molecule has 254 valence electrons. The number of ether oxygens (including phenoxy) is 2. The minimum atomic E-state index is -0.610. The predicted molar refractivity (Wildman–Crippen MR) is 173 cm³/mol. The number of imide groups is 2. The maximum atomic E-state index is 13.1. The van der Waals surface area contributed by atoms with E-state index in [0.717, 1.165) is 57.7 Å². The van der Waals surface area contributed by atoms with Gasteiger partial charge in [0.25, 0.3) is 23.6 Å². The lowest BCUT2D eigenvalue weighted by atomic mass is 10.00. The third-order valence-electron chi connectivity index (χ3n) is 10.0. The largest absolute Gasteiger partial charge is 0.379 e. The van der Waals surface area contributed by atoms with Crippen LogP contribution in [0.15, 0.2) is 36.4 Å². The highest BCUT2D eigenvalue weighted by Gasteiger charge is 2.43. The first-order valence-corrected chi connectivity index (χ1v) is 16.8. The average Bonchev–Trinajstić information content (AvgIpc) is 3.60. The molecule has 0 bridgehead atoms. The molecule has 12 heteroatoms. The van der Waals surface area contributed by atoms with E-state index in [1.807, 2.05) is 24.3 Å². The van der Waals surface area contributed by atoms with Crippen molar-refractivity contribution in [3.05, 3.63) is 69.8 Å². The Morgan fingerprint density at radius 3 is 1.44 bits per heavy atom. The van der Waals surface area contributed by atoms with Crippen LogP contribution in [0.1, 0.15) is 81.5 Å². The Balaban J connectivity index is 0.890. The minimum Gasteiger partial charge on any atom is -0.379 e. The number of piperidine rings is 2. The number of hydrogen-bond donors (Lipinski definition) is 0. The van der Waals surface area contributed by atoms with Crippen LogP contribution in [-0.2, 0) is 54.6 Å². The Hall–Kier alpha value is -4.42. The quantitative estimate of drug-likeness (QED) is 0.237. The minimum absolute atomic E-state index is 0.156. The molecule has 0 spiro atoms. The normalized spacial score (nSPS) is 21.1. The zero-order valence-corrected chi connectivity index (χ0v) is 27.6. The molecule has 0 aromatic heterocycles. The fourth-order valence-corrected chi connectivity index (χ4v) is 7.23. The summed E-state index contributed by atoms with van der Waals surface area (Å²) in [5.74, 6) is -1.38. The summed E-state index contributed by atoms with van der Waals surface area (Å²) in [6.07, 6.45) is 4.26. The molecule has 2 aromatic rings. The smallest absolute Gasteiger partial charge is 0.255 e. The molecule has 0 aliphatic carbocycles. The van der Waals surface area contributed by atoms with Crippen molar-refractivity contribution in [2.75, 3.05) is 40.5 Å². The third-order valence-corrected chi connectivity index (χ3v) is 10.0. The van der Waals surface area contributed by atoms with Gasteiger partial charge in [-0.15, -0.1) is 0 Å². The molecule has 48 heavy (non-hydrogen) atoms. The van der Waals surface area contributed by atoms with Crippen LogP contribution in [0.3, 0.4) is 0 Å². The number of benzene rings is 2. The topological polar surface area (TPSA) is 134 Å². The van der Waals surface area contributed by atoms with E-state index >= 15 is 0 Å². The number of aryl methyl sites for hydroxylation is 2. The van der Waals surface area contributed by atoms with E-state index in [1.54, 1.807) is 21.9 Å². The standard InChI is InChI=1S/C36H42N4O8/c1-37-31(41)15-13-29(35(37)45)39-21-27-23(7-3-11-25(27)33(39)43)9-5-17-47-19-20-48-18-6-10-24-8-4-12-26-28(24)22-40(34(26)44)30-14-16-32(42)38(2)36(30)46/h3-4,7-8,11-12,29-30H,5-6,9-10,13-22H2,1-2H3. The summed E-state index contributed by atoms with van der Waals surface area (Å²) in [5.41, 5.74) is 5.30. The first kappa shape index (κ1) is 33.5. The Bertz CT molecular complexity index is 1520. The van der Waals surface area contributed by atoms with E-state index < -0.39 is 12.1 Å². The van der Waals surface area contributed by atoms with Gasteiger partial charge in [0, 0.05) is 64.4 Å². The fourth-order valence-electron chi connectivity index (χ4n) is 7.23. The number of carbonyl (C=O) groups is 6. The summed E-state index contributed by atoms with van der Waals surface area (Å²) in [4.78, 5) is 81.0. The monoisotopic (exact) mass is 658 g/mol. The number of likely N-dealkylation sites (tertiary alicyclic amines) is 2. The van der Waals surface area contributed by atoms with Crippen molar-refractivity contribution < 1.29 is 38.2 Å². The van der Waals surface area contributed by atoms with Gasteiger partial charge in [-0.05, 0) is 72.9 Å². The van der Waals surface area contributed by atoms with Crippen molar-refractivity contribution in [1.29, 1.82) is 0 Å². The van der Waals surface area contributed by atoms with Gasteiger partial charge in [0.15, 0.2) is 0 Å². The van der Waals surface area contributed by atoms with E-state index in [4.69, 9.17) is 9.47 Å². The second-order valence-corrected chi connectivity index (χ2v) is 12.9. The molecule has 2 fully saturated rings. The molecule has 0 saturated carbocycles. The summed E-state index contributed by atoms with van der Waals surface area (Å²) < 4.78 is 11.6. The summed E-state index contributed by atoms with van der Waals surface area (Å²) in [5, 5.41) is 0. The van der Waals surface area contributed by atoms with Crippen molar-refractivity contribution in [3.63, 3.8) is 0 Å². The molecule has 6 amide bonds. The lowest BCUT2D eigenvalue weighted by Crippen LogP contribution is -2.53. The van der Waals surface area contributed by atoms with E-state index in [1.165, 1.54) is 14.1 Å². The second kappa shape index (κ2) is 14.4. The molecular formula is C36H42N4O8. The maximum absolute atomic E-state index is 13.1. The van der Waals surface area contributed by atoms with Crippen LogP contribution >= 0.6 is 0 Å². The molecule has 2 atom stereocenters. The average molecular weight is 659 g/mol. The molecule has 2 aromatic carbocycles. The Kier molecular flexibility index (Phi) is 10.0. The van der Waals surface area contributed by atoms with Gasteiger partial charge < -0.3 is 19.3 Å². The molecule has 0 radical (unpaired) electrons. The van der Waals surface area contributed by atoms with Crippen LogP contribution in [0, 0.1) is 0 Å². The molecule has 6 rings (SSSR count). The lowest BCUT2D eigenvalue weighted by molar-refractivity contribution is -0.151. The van der Waals surface area contributed by atoms with Crippen LogP contribution in [0.2, 0.25) is 0 Å². The number of fused-ring (bicyclic) bond motifs is 2. The van der Waals surface area contributed by atoms with Gasteiger partial charge in [-0.3, -0.25) is 38.6 Å². The molecule has 12 nitrogen and oxygen atoms in total. The number of carbonyl (C=O) groups excluding carboxylic acids is 6. The number of amides is 6. The molecule has 4 heterocycles. The van der Waals surface area contributed by atoms with E-state index in [2.05, 4.69) is 0 Å². The molecular weight excluding hydrogens is 616 g/mol. The summed E-state index contributed by atoms with van der Waals surface area (Å²) in [6.45, 7) is 2.77. The van der Waals surface area contributed by atoms with Crippen molar-refractivity contribution in [2.24, 2.45) is 0 Å². The van der Waals surface area contributed by atoms with E-state index in [-0.39, 0.29) is 48.3 Å². The van der Waals surface area contributed by atoms with Crippen molar-refractivity contribution in [3.8, 4) is 0 Å². The maximum Gasteiger partial charge on any atom is 0.255 e. The zero-order valence-electron chi connectivity index (χ0n) is 27.6. The highest BCUT2D eigenvalue weighted by atomic mass is 16.5. The Morgan fingerprint density at radius 2 is 1.02 bits per heavy atom. The third kappa shape index (κ3) is 6.51. The van der Waals surface area contributed by atoms with Gasteiger partial charge >= 0.3 is 0 Å². The zero-order chi connectivity index (χ0) is 33.9. The summed E-state index contributed by atoms with van der Waals surface area (Å²) >= 11 is 0. The van der Waals surface area contributed by atoms with Crippen LogP contribution in [-0.4, -0.2) is 108 Å². The van der Waals surface area contributed by atoms with Crippen LogP contribution in [0.4, 0.5) is 0 Å². The van der Waals surface area contributed by atoms with Crippen LogP contribution in [0.25, 0.3) is 0 Å². The highest BCUT2D eigenvalue weighted by Crippen LogP contribution is 2.33. The van der Waals surface area contributed by atoms with Crippen molar-refractivity contribution >= 4 is 35.4 Å². The molecule has 4 aliphatic heterocycles. The van der Waals surface area contributed by atoms with E-state index in [0.29, 0.717) is 63.5 Å². The SMILES string of the molecule is CN1C(=O)CCC(N2Cc3c(CCCOCCOCCCc4cccc5c4CN(C4CCC(=O)N(C)C4=O)C5=O)cccc3C2=O)C1=O. The van der Waals surface area contributed by atoms with Crippen molar-refractivity contribution in [1.82, 2.24) is 19.6 Å². The molecule has 0 N–H and O–H groups in total. The van der Waals surface area contributed by atoms with E-state index in [9.17, 15) is 28.8 Å². The van der Waals surface area contributed by atoms with Gasteiger partial charge in [0.2, 0.25) is 11.8 Å². The Labute approximate surface area is 279 Å². The first-order chi connectivity index (χ1) is 23.2. The van der Waals surface area contributed by atoms with Gasteiger partial charge in [0.05, 0.1) is 13.2 Å². The molecule has 2 unspecified atom stereocenters. The number of hydrogen-bond acceptors (Lipinski definition) is 8. The second-order valence-electron chi connectivity index (χ2n) is 12.9. The summed E-state index contributed by atoms with van der Waals surface area (Å²) in [6, 6.07) is 10.2. The Morgan fingerprint density at radius 1 is 0.604 bits per heavy atom. The number of likely N-dealkylation sites (N-methyl/N-ethyl adjacent to an activating group) is 2. The summed E-state index contributed by atoms with van der Waals surface area (Å²) in [7, 11) is 2.95. The van der Waals surface area contributed by atoms with Gasteiger partial charge in [-0.1, -0.05) is 24.3 Å². The van der Waals surface area contributed by atoms with Gasteiger partial charge in [-0.25, -0.2) is 0 Å². The molecule has 2 saturated heterocycles. The van der Waals surface area contributed by atoms with Crippen LogP contribution < -0.4 is 0 Å². The highest BCUT2D eigenvalue weighted by molar-refractivity contribution is 6.06. The van der Waals surface area contributed by atoms with Gasteiger partial charge in [-0.2, -0.15) is 0 Å². The lowest BCUT2D eigenvalue weighted by Gasteiger charge is -2.33. The molecule has 4 aliphatic rings. The fraction of sp³-hybridized carbons (Fsp3) is 0.500. The van der Waals surface area contributed by atoms with Crippen molar-refractivity contribution in [2.45, 2.75) is 76.5 Å². The van der Waals surface area contributed by atoms with Crippen LogP contribution in [0.5, 0.6) is 0 Å². The number of rotatable bonds is 13. The predicted octanol–water partition coefficient (Wildman–Crippen LogP) is 2.49. The first-order valence-electron chi connectivity index (χ1n) is 16.8. The van der Waals surface area contributed by atoms with Gasteiger partial charge in [0.1, 0.15) is 12.1 Å². The number of nitrogens with zero attached hydrogens (tertiary/aromatic N) is 4.